The molecule has 1 spiro atoms. The van der Waals surface area contributed by atoms with Crippen LogP contribution in [-0.4, -0.2) is 59.2 Å². The molecule has 0 saturated carbocycles. The summed E-state index contributed by atoms with van der Waals surface area (Å²) < 4.78 is 6.12. The molecule has 2 atom stereocenters. The number of hydrogen-bond acceptors (Lipinski definition) is 6. The van der Waals surface area contributed by atoms with Crippen molar-refractivity contribution in [1.82, 2.24) is 10.3 Å². The molecule has 2 fully saturated rings. The molecule has 1 aromatic rings. The lowest BCUT2D eigenvalue weighted by molar-refractivity contribution is -0.198. The zero-order valence-electron chi connectivity index (χ0n) is 16.5. The molecule has 0 aromatic carbocycles. The highest BCUT2D eigenvalue weighted by Crippen LogP contribution is 2.40. The molecule has 2 saturated heterocycles. The number of aliphatic hydroxyl groups excluding tert-OH is 1. The summed E-state index contributed by atoms with van der Waals surface area (Å²) in [6, 6.07) is 4.14. The molecular weight excluding hydrogens is 362 g/mol. The van der Waals surface area contributed by atoms with Crippen LogP contribution in [0.15, 0.2) is 23.2 Å². The van der Waals surface area contributed by atoms with Crippen molar-refractivity contribution in [2.45, 2.75) is 68.1 Å². The van der Waals surface area contributed by atoms with Crippen LogP contribution in [0.4, 0.5) is 5.82 Å². The number of carbonyl (C=O) groups excluding carboxylic acids is 1. The van der Waals surface area contributed by atoms with E-state index in [1.54, 1.807) is 11.8 Å². The standard InChI is InChI=1S/C20H31N3O3S/c1-4-5-17(24)22-19(2)10-13-26-20(18(19)25)8-11-23(12-9-20)16-7-6-15(27-3)14-21-16/h6-7,14,18,25H,4-5,8-13H2,1-3H3,(H,22,24)/t18-,19+/m1/s1. The minimum absolute atomic E-state index is 0.00613. The normalized spacial score (nSPS) is 27.6. The second-order valence-corrected chi connectivity index (χ2v) is 8.70. The number of rotatable bonds is 5. The van der Waals surface area contributed by atoms with Crippen LogP contribution in [0.2, 0.25) is 0 Å². The maximum Gasteiger partial charge on any atom is 0.220 e. The molecule has 6 nitrogen and oxygen atoms in total. The van der Waals surface area contributed by atoms with Crippen LogP contribution in [0, 0.1) is 0 Å². The summed E-state index contributed by atoms with van der Waals surface area (Å²) in [4.78, 5) is 20.1. The Hall–Kier alpha value is -1.31. The van der Waals surface area contributed by atoms with Gasteiger partial charge in [-0.15, -0.1) is 11.8 Å². The van der Waals surface area contributed by atoms with Crippen LogP contribution in [-0.2, 0) is 9.53 Å². The van der Waals surface area contributed by atoms with Gasteiger partial charge in [-0.25, -0.2) is 4.98 Å². The maximum atomic E-state index is 12.1. The van der Waals surface area contributed by atoms with Crippen LogP contribution in [0.1, 0.15) is 46.0 Å². The van der Waals surface area contributed by atoms with Crippen LogP contribution in [0.3, 0.4) is 0 Å². The van der Waals surface area contributed by atoms with Crippen molar-refractivity contribution in [2.24, 2.45) is 0 Å². The van der Waals surface area contributed by atoms with Crippen molar-refractivity contribution in [3.05, 3.63) is 18.3 Å². The zero-order valence-corrected chi connectivity index (χ0v) is 17.3. The molecule has 2 N–H and O–H groups in total. The summed E-state index contributed by atoms with van der Waals surface area (Å²) in [6.07, 6.45) is 6.59. The van der Waals surface area contributed by atoms with Gasteiger partial charge in [-0.3, -0.25) is 4.79 Å². The van der Waals surface area contributed by atoms with Gasteiger partial charge in [0.1, 0.15) is 11.9 Å². The first-order valence-electron chi connectivity index (χ1n) is 9.80. The molecule has 0 bridgehead atoms. The number of nitrogens with one attached hydrogen (secondary N) is 1. The monoisotopic (exact) mass is 393 g/mol. The molecule has 27 heavy (non-hydrogen) atoms. The van der Waals surface area contributed by atoms with E-state index in [1.807, 2.05) is 26.3 Å². The van der Waals surface area contributed by atoms with E-state index in [-0.39, 0.29) is 5.91 Å². The van der Waals surface area contributed by atoms with Crippen LogP contribution >= 0.6 is 11.8 Å². The van der Waals surface area contributed by atoms with Crippen molar-refractivity contribution < 1.29 is 14.6 Å². The van der Waals surface area contributed by atoms with Crippen molar-refractivity contribution in [3.8, 4) is 0 Å². The first-order chi connectivity index (χ1) is 12.9. The second kappa shape index (κ2) is 8.37. The average molecular weight is 394 g/mol. The van der Waals surface area contributed by atoms with Gasteiger partial charge < -0.3 is 20.1 Å². The number of carbonyl (C=O) groups is 1. The molecule has 150 valence electrons. The number of pyridine rings is 1. The Labute approximate surface area is 166 Å². The van der Waals surface area contributed by atoms with Crippen LogP contribution < -0.4 is 10.2 Å². The lowest BCUT2D eigenvalue weighted by Crippen LogP contribution is -2.69. The largest absolute Gasteiger partial charge is 0.388 e. The van der Waals surface area contributed by atoms with E-state index in [1.165, 1.54) is 0 Å². The Balaban J connectivity index is 1.67. The third-order valence-corrected chi connectivity index (χ3v) is 6.62. The SMILES string of the molecule is CCCC(=O)N[C@@]1(C)CCOC2(CCN(c3ccc(SC)cn3)CC2)[C@@H]1O. The fourth-order valence-electron chi connectivity index (χ4n) is 4.21. The second-order valence-electron chi connectivity index (χ2n) is 7.82. The first kappa shape index (κ1) is 20.4. The predicted molar refractivity (Wildman–Crippen MR) is 108 cm³/mol. The van der Waals surface area contributed by atoms with E-state index in [2.05, 4.69) is 27.3 Å². The van der Waals surface area contributed by atoms with E-state index < -0.39 is 17.2 Å². The topological polar surface area (TPSA) is 74.7 Å². The molecule has 2 aliphatic rings. The Bertz CT molecular complexity index is 646. The van der Waals surface area contributed by atoms with Crippen molar-refractivity contribution in [3.63, 3.8) is 0 Å². The number of thioether (sulfide) groups is 1. The van der Waals surface area contributed by atoms with Gasteiger partial charge >= 0.3 is 0 Å². The number of aliphatic hydroxyl groups is 1. The summed E-state index contributed by atoms with van der Waals surface area (Å²) in [5.74, 6) is 0.971. The van der Waals surface area contributed by atoms with E-state index in [0.29, 0.717) is 19.4 Å². The molecule has 0 aliphatic carbocycles. The lowest BCUT2D eigenvalue weighted by Gasteiger charge is -2.53. The number of amides is 1. The van der Waals surface area contributed by atoms with E-state index in [0.717, 1.165) is 43.1 Å². The minimum Gasteiger partial charge on any atom is -0.388 e. The van der Waals surface area contributed by atoms with Gasteiger partial charge in [0.2, 0.25) is 5.91 Å². The van der Waals surface area contributed by atoms with Crippen molar-refractivity contribution >= 4 is 23.5 Å². The predicted octanol–water partition coefficient (Wildman–Crippen LogP) is 2.60. The van der Waals surface area contributed by atoms with Gasteiger partial charge in [0.15, 0.2) is 0 Å². The summed E-state index contributed by atoms with van der Waals surface area (Å²) in [7, 11) is 0. The fourth-order valence-corrected chi connectivity index (χ4v) is 4.58. The molecule has 3 heterocycles. The Morgan fingerprint density at radius 1 is 1.41 bits per heavy atom. The quantitative estimate of drug-likeness (QED) is 0.749. The van der Waals surface area contributed by atoms with Crippen molar-refractivity contribution in [2.75, 3.05) is 30.9 Å². The fraction of sp³-hybridized carbons (Fsp3) is 0.700. The number of nitrogens with zero attached hydrogens (tertiary/aromatic N) is 2. The van der Waals surface area contributed by atoms with Crippen LogP contribution in [0.5, 0.6) is 0 Å². The van der Waals surface area contributed by atoms with Gasteiger partial charge in [-0.05, 0) is 51.0 Å². The number of piperidine rings is 1. The average Bonchev–Trinajstić information content (AvgIpc) is 2.67. The highest BCUT2D eigenvalue weighted by Gasteiger charge is 2.53. The number of aromatic nitrogens is 1. The van der Waals surface area contributed by atoms with E-state index in [9.17, 15) is 9.90 Å². The first-order valence-corrected chi connectivity index (χ1v) is 11.0. The van der Waals surface area contributed by atoms with E-state index in [4.69, 9.17) is 4.74 Å². The maximum absolute atomic E-state index is 12.1. The molecule has 1 aromatic heterocycles. The third kappa shape index (κ3) is 4.25. The van der Waals surface area contributed by atoms with Gasteiger partial charge in [-0.1, -0.05) is 6.92 Å². The van der Waals surface area contributed by atoms with Gasteiger partial charge in [0, 0.05) is 37.2 Å². The van der Waals surface area contributed by atoms with Crippen LogP contribution in [0.25, 0.3) is 0 Å². The molecule has 0 radical (unpaired) electrons. The number of anilines is 1. The van der Waals surface area contributed by atoms with Gasteiger partial charge in [0.25, 0.3) is 0 Å². The highest BCUT2D eigenvalue weighted by atomic mass is 32.2. The van der Waals surface area contributed by atoms with Gasteiger partial charge in [0.05, 0.1) is 11.1 Å². The van der Waals surface area contributed by atoms with Gasteiger partial charge in [-0.2, -0.15) is 0 Å². The highest BCUT2D eigenvalue weighted by molar-refractivity contribution is 7.98. The number of hydrogen-bond donors (Lipinski definition) is 2. The molecule has 3 rings (SSSR count). The Morgan fingerprint density at radius 3 is 2.74 bits per heavy atom. The summed E-state index contributed by atoms with van der Waals surface area (Å²) >= 11 is 1.68. The Kier molecular flexibility index (Phi) is 6.33. The molecule has 0 unspecified atom stereocenters. The lowest BCUT2D eigenvalue weighted by atomic mass is 9.73. The summed E-state index contributed by atoms with van der Waals surface area (Å²) in [5, 5.41) is 14.2. The zero-order chi connectivity index (χ0) is 19.5. The summed E-state index contributed by atoms with van der Waals surface area (Å²) in [6.45, 7) is 6.05. The molecule has 1 amide bonds. The molecule has 7 heteroatoms. The molecular formula is C20H31N3O3S. The summed E-state index contributed by atoms with van der Waals surface area (Å²) in [5.41, 5.74) is -1.23. The molecule has 2 aliphatic heterocycles. The smallest absolute Gasteiger partial charge is 0.220 e. The Morgan fingerprint density at radius 2 is 2.15 bits per heavy atom. The number of ether oxygens (including phenoxy) is 1. The third-order valence-electron chi connectivity index (χ3n) is 5.91. The van der Waals surface area contributed by atoms with Crippen molar-refractivity contribution in [1.29, 1.82) is 0 Å². The minimum atomic E-state index is -0.714. The van der Waals surface area contributed by atoms with E-state index >= 15 is 0 Å².